The van der Waals surface area contributed by atoms with Gasteiger partial charge in [0.25, 0.3) is 5.91 Å². The number of nitrogens with two attached hydrogens (primary N) is 1. The molecule has 0 saturated carbocycles. The van der Waals surface area contributed by atoms with Crippen molar-refractivity contribution >= 4 is 5.91 Å². The Morgan fingerprint density at radius 1 is 1.35 bits per heavy atom. The maximum atomic E-state index is 12.3. The Morgan fingerprint density at radius 3 is 2.60 bits per heavy atom. The van der Waals surface area contributed by atoms with E-state index in [9.17, 15) is 4.79 Å². The monoisotopic (exact) mass is 273 g/mol. The van der Waals surface area contributed by atoms with E-state index in [0.717, 1.165) is 23.4 Å². The molecule has 1 amide bonds. The minimum atomic E-state index is -0.0371. The van der Waals surface area contributed by atoms with Gasteiger partial charge in [0.1, 0.15) is 11.5 Å². The largest absolute Gasteiger partial charge is 0.361 e. The zero-order valence-corrected chi connectivity index (χ0v) is 11.8. The number of benzene rings is 1. The van der Waals surface area contributed by atoms with E-state index in [1.165, 1.54) is 0 Å². The van der Waals surface area contributed by atoms with E-state index >= 15 is 0 Å². The van der Waals surface area contributed by atoms with Gasteiger partial charge in [-0.2, -0.15) is 0 Å². The van der Waals surface area contributed by atoms with Crippen molar-refractivity contribution in [1.82, 2.24) is 10.1 Å². The number of rotatable bonds is 5. The predicted octanol–water partition coefficient (Wildman–Crippen LogP) is 1.76. The lowest BCUT2D eigenvalue weighted by Crippen LogP contribution is -2.26. The SMILES string of the molecule is Cc1cc(CN(C)C(=O)c2ccc(CCN)cc2)no1. The Kier molecular flexibility index (Phi) is 4.53. The van der Waals surface area contributed by atoms with Crippen LogP contribution in [0.4, 0.5) is 0 Å². The van der Waals surface area contributed by atoms with Crippen molar-refractivity contribution in [3.8, 4) is 0 Å². The summed E-state index contributed by atoms with van der Waals surface area (Å²) in [6, 6.07) is 9.37. The number of carbonyl (C=O) groups is 1. The van der Waals surface area contributed by atoms with Gasteiger partial charge in [-0.15, -0.1) is 0 Å². The molecule has 0 aliphatic carbocycles. The van der Waals surface area contributed by atoms with Crippen molar-refractivity contribution in [1.29, 1.82) is 0 Å². The first-order valence-electron chi connectivity index (χ1n) is 6.57. The maximum Gasteiger partial charge on any atom is 0.253 e. The maximum absolute atomic E-state index is 12.3. The second-order valence-corrected chi connectivity index (χ2v) is 4.83. The summed E-state index contributed by atoms with van der Waals surface area (Å²) in [5.74, 6) is 0.705. The average Bonchev–Trinajstić information content (AvgIpc) is 2.84. The van der Waals surface area contributed by atoms with Crippen molar-refractivity contribution < 1.29 is 9.32 Å². The molecule has 0 aliphatic rings. The van der Waals surface area contributed by atoms with Gasteiger partial charge in [0.15, 0.2) is 0 Å². The van der Waals surface area contributed by atoms with Gasteiger partial charge >= 0.3 is 0 Å². The van der Waals surface area contributed by atoms with Gasteiger partial charge in [0.2, 0.25) is 0 Å². The van der Waals surface area contributed by atoms with Crippen LogP contribution < -0.4 is 5.73 Å². The molecule has 5 heteroatoms. The molecule has 0 fully saturated rings. The van der Waals surface area contributed by atoms with E-state index < -0.39 is 0 Å². The van der Waals surface area contributed by atoms with Gasteiger partial charge in [0.05, 0.1) is 6.54 Å². The molecule has 0 aliphatic heterocycles. The normalized spacial score (nSPS) is 10.6. The summed E-state index contributed by atoms with van der Waals surface area (Å²) in [6.45, 7) is 2.87. The lowest BCUT2D eigenvalue weighted by molar-refractivity contribution is 0.0782. The van der Waals surface area contributed by atoms with Gasteiger partial charge < -0.3 is 15.2 Å². The van der Waals surface area contributed by atoms with Crippen LogP contribution in [-0.2, 0) is 13.0 Å². The topological polar surface area (TPSA) is 72.4 Å². The molecule has 1 aromatic carbocycles. The fraction of sp³-hybridized carbons (Fsp3) is 0.333. The van der Waals surface area contributed by atoms with E-state index in [-0.39, 0.29) is 5.91 Å². The number of carbonyl (C=O) groups excluding carboxylic acids is 1. The zero-order valence-electron chi connectivity index (χ0n) is 11.8. The van der Waals surface area contributed by atoms with Crippen LogP contribution in [0.3, 0.4) is 0 Å². The third kappa shape index (κ3) is 3.45. The van der Waals surface area contributed by atoms with E-state index in [4.69, 9.17) is 10.3 Å². The Balaban J connectivity index is 2.02. The van der Waals surface area contributed by atoms with Crippen LogP contribution in [0, 0.1) is 6.92 Å². The first kappa shape index (κ1) is 14.3. The molecule has 20 heavy (non-hydrogen) atoms. The summed E-state index contributed by atoms with van der Waals surface area (Å²) in [5, 5.41) is 3.89. The smallest absolute Gasteiger partial charge is 0.253 e. The number of aromatic nitrogens is 1. The van der Waals surface area contributed by atoms with Crippen LogP contribution in [0.15, 0.2) is 34.9 Å². The van der Waals surface area contributed by atoms with Gasteiger partial charge in [0, 0.05) is 18.7 Å². The highest BCUT2D eigenvalue weighted by atomic mass is 16.5. The quantitative estimate of drug-likeness (QED) is 0.901. The molecule has 0 radical (unpaired) electrons. The van der Waals surface area contributed by atoms with Gasteiger partial charge in [-0.1, -0.05) is 17.3 Å². The summed E-state index contributed by atoms with van der Waals surface area (Å²) in [4.78, 5) is 13.9. The second kappa shape index (κ2) is 6.34. The van der Waals surface area contributed by atoms with E-state index in [1.807, 2.05) is 37.3 Å². The summed E-state index contributed by atoms with van der Waals surface area (Å²) < 4.78 is 4.99. The number of nitrogens with zero attached hydrogens (tertiary/aromatic N) is 2. The molecule has 2 rings (SSSR count). The highest BCUT2D eigenvalue weighted by Crippen LogP contribution is 2.10. The van der Waals surface area contributed by atoms with E-state index in [0.29, 0.717) is 18.7 Å². The fourth-order valence-corrected chi connectivity index (χ4v) is 2.01. The lowest BCUT2D eigenvalue weighted by Gasteiger charge is -2.15. The zero-order chi connectivity index (χ0) is 14.5. The first-order chi connectivity index (χ1) is 9.60. The van der Waals surface area contributed by atoms with Crippen LogP contribution >= 0.6 is 0 Å². The molecule has 0 saturated heterocycles. The molecule has 0 bridgehead atoms. The van der Waals surface area contributed by atoms with Crippen LogP contribution in [0.5, 0.6) is 0 Å². The predicted molar refractivity (Wildman–Crippen MR) is 76.2 cm³/mol. The molecule has 106 valence electrons. The Morgan fingerprint density at radius 2 is 2.05 bits per heavy atom. The first-order valence-corrected chi connectivity index (χ1v) is 6.57. The van der Waals surface area contributed by atoms with Crippen molar-refractivity contribution in [3.05, 3.63) is 52.9 Å². The number of amides is 1. The number of hydrogen-bond acceptors (Lipinski definition) is 4. The lowest BCUT2D eigenvalue weighted by atomic mass is 10.1. The third-order valence-corrected chi connectivity index (χ3v) is 3.06. The molecule has 1 aromatic heterocycles. The molecular weight excluding hydrogens is 254 g/mol. The average molecular weight is 273 g/mol. The molecule has 5 nitrogen and oxygen atoms in total. The third-order valence-electron chi connectivity index (χ3n) is 3.06. The summed E-state index contributed by atoms with van der Waals surface area (Å²) in [7, 11) is 1.75. The van der Waals surface area contributed by atoms with Crippen molar-refractivity contribution in [2.24, 2.45) is 5.73 Å². The minimum Gasteiger partial charge on any atom is -0.361 e. The van der Waals surface area contributed by atoms with Crippen LogP contribution in [0.25, 0.3) is 0 Å². The fourth-order valence-electron chi connectivity index (χ4n) is 2.01. The summed E-state index contributed by atoms with van der Waals surface area (Å²) in [6.07, 6.45) is 0.822. The van der Waals surface area contributed by atoms with E-state index in [1.54, 1.807) is 11.9 Å². The number of hydrogen-bond donors (Lipinski definition) is 1. The van der Waals surface area contributed by atoms with Crippen LogP contribution in [-0.4, -0.2) is 29.6 Å². The van der Waals surface area contributed by atoms with Crippen molar-refractivity contribution in [2.75, 3.05) is 13.6 Å². The molecule has 0 spiro atoms. The molecule has 0 unspecified atom stereocenters. The van der Waals surface area contributed by atoms with Crippen molar-refractivity contribution in [3.63, 3.8) is 0 Å². The number of aryl methyl sites for hydroxylation is 1. The summed E-state index contributed by atoms with van der Waals surface area (Å²) in [5.41, 5.74) is 8.05. The van der Waals surface area contributed by atoms with Gasteiger partial charge in [-0.25, -0.2) is 0 Å². The van der Waals surface area contributed by atoms with Crippen molar-refractivity contribution in [2.45, 2.75) is 19.9 Å². The standard InChI is InChI=1S/C15H19N3O2/c1-11-9-14(17-20-11)10-18(2)15(19)13-5-3-12(4-6-13)7-8-16/h3-6,9H,7-8,10,16H2,1-2H3. The second-order valence-electron chi connectivity index (χ2n) is 4.83. The Labute approximate surface area is 118 Å². The molecular formula is C15H19N3O2. The highest BCUT2D eigenvalue weighted by molar-refractivity contribution is 5.94. The minimum absolute atomic E-state index is 0.0371. The van der Waals surface area contributed by atoms with Crippen LogP contribution in [0.1, 0.15) is 27.4 Å². The molecule has 2 aromatic rings. The highest BCUT2D eigenvalue weighted by Gasteiger charge is 2.13. The van der Waals surface area contributed by atoms with Gasteiger partial charge in [-0.05, 0) is 37.6 Å². The Hall–Kier alpha value is -2.14. The molecule has 2 N–H and O–H groups in total. The molecule has 1 heterocycles. The van der Waals surface area contributed by atoms with Gasteiger partial charge in [-0.3, -0.25) is 4.79 Å². The van der Waals surface area contributed by atoms with Crippen LogP contribution in [0.2, 0.25) is 0 Å². The summed E-state index contributed by atoms with van der Waals surface area (Å²) >= 11 is 0. The van der Waals surface area contributed by atoms with E-state index in [2.05, 4.69) is 5.16 Å². The Bertz CT molecular complexity index is 575. The molecule has 0 atom stereocenters.